The SMILES string of the molecule is CC1CCN(c2cc3c(c(NC4CCCCCCC4)n2)C(=O)NC3)C1. The first kappa shape index (κ1) is 16.7. The van der Waals surface area contributed by atoms with Gasteiger partial charge in [-0.05, 0) is 36.8 Å². The first-order chi connectivity index (χ1) is 12.2. The molecule has 25 heavy (non-hydrogen) atoms. The lowest BCUT2D eigenvalue weighted by Crippen LogP contribution is -2.25. The Morgan fingerprint density at radius 1 is 1.16 bits per heavy atom. The summed E-state index contributed by atoms with van der Waals surface area (Å²) in [6.07, 6.45) is 10.2. The van der Waals surface area contributed by atoms with Crippen molar-refractivity contribution in [2.75, 3.05) is 23.3 Å². The van der Waals surface area contributed by atoms with Gasteiger partial charge in [0.05, 0.1) is 5.56 Å². The lowest BCUT2D eigenvalue weighted by Gasteiger charge is -2.24. The van der Waals surface area contributed by atoms with Crippen molar-refractivity contribution in [3.8, 4) is 0 Å². The number of anilines is 2. The van der Waals surface area contributed by atoms with Crippen molar-refractivity contribution in [2.24, 2.45) is 5.92 Å². The van der Waals surface area contributed by atoms with Gasteiger partial charge in [-0.1, -0.05) is 39.0 Å². The second-order valence-electron chi connectivity index (χ2n) is 8.07. The van der Waals surface area contributed by atoms with Crippen LogP contribution in [0.3, 0.4) is 0 Å². The van der Waals surface area contributed by atoms with Crippen molar-refractivity contribution in [1.29, 1.82) is 0 Å². The van der Waals surface area contributed by atoms with Crippen molar-refractivity contribution in [1.82, 2.24) is 10.3 Å². The summed E-state index contributed by atoms with van der Waals surface area (Å²) >= 11 is 0. The van der Waals surface area contributed by atoms with Gasteiger partial charge in [0.15, 0.2) is 0 Å². The van der Waals surface area contributed by atoms with Crippen LogP contribution in [-0.2, 0) is 6.54 Å². The number of rotatable bonds is 3. The topological polar surface area (TPSA) is 57.3 Å². The van der Waals surface area contributed by atoms with Crippen molar-refractivity contribution >= 4 is 17.5 Å². The Morgan fingerprint density at radius 2 is 1.92 bits per heavy atom. The molecule has 0 bridgehead atoms. The molecule has 1 atom stereocenters. The van der Waals surface area contributed by atoms with Crippen molar-refractivity contribution < 1.29 is 4.79 Å². The monoisotopic (exact) mass is 342 g/mol. The number of carbonyl (C=O) groups is 1. The summed E-state index contributed by atoms with van der Waals surface area (Å²) in [5.74, 6) is 2.59. The Labute approximate surface area is 150 Å². The van der Waals surface area contributed by atoms with Gasteiger partial charge in [-0.25, -0.2) is 4.98 Å². The standard InChI is InChI=1S/C20H30N4O/c1-14-9-10-24(13-14)17-11-15-12-21-20(25)18(15)19(23-17)22-16-7-5-3-2-4-6-8-16/h11,14,16H,2-10,12-13H2,1H3,(H,21,25)(H,22,23). The lowest BCUT2D eigenvalue weighted by molar-refractivity contribution is 0.0966. The van der Waals surface area contributed by atoms with E-state index in [2.05, 4.69) is 28.5 Å². The van der Waals surface area contributed by atoms with Crippen LogP contribution in [-0.4, -0.2) is 30.0 Å². The Morgan fingerprint density at radius 3 is 2.64 bits per heavy atom. The van der Waals surface area contributed by atoms with Gasteiger partial charge in [0, 0.05) is 25.7 Å². The molecule has 2 N–H and O–H groups in total. The number of carbonyl (C=O) groups excluding carboxylic acids is 1. The predicted octanol–water partition coefficient (Wildman–Crippen LogP) is 3.70. The molecule has 136 valence electrons. The van der Waals surface area contributed by atoms with Crippen molar-refractivity contribution in [2.45, 2.75) is 70.9 Å². The third-order valence-corrected chi connectivity index (χ3v) is 5.95. The number of aromatic nitrogens is 1. The van der Waals surface area contributed by atoms with Gasteiger partial charge in [0.1, 0.15) is 11.6 Å². The molecule has 5 nitrogen and oxygen atoms in total. The Hall–Kier alpha value is -1.78. The average Bonchev–Trinajstić information content (AvgIpc) is 3.16. The van der Waals surface area contributed by atoms with Crippen LogP contribution in [0.2, 0.25) is 0 Å². The highest BCUT2D eigenvalue weighted by molar-refractivity contribution is 6.03. The fourth-order valence-electron chi connectivity index (χ4n) is 4.44. The van der Waals surface area contributed by atoms with Gasteiger partial charge in [-0.15, -0.1) is 0 Å². The number of pyridine rings is 1. The van der Waals surface area contributed by atoms with Gasteiger partial charge in [0.25, 0.3) is 5.91 Å². The Bertz CT molecular complexity index is 637. The molecule has 2 fully saturated rings. The molecule has 2 aliphatic heterocycles. The van der Waals surface area contributed by atoms with Crippen LogP contribution in [0.5, 0.6) is 0 Å². The molecule has 1 saturated heterocycles. The highest BCUT2D eigenvalue weighted by Gasteiger charge is 2.29. The smallest absolute Gasteiger partial charge is 0.255 e. The highest BCUT2D eigenvalue weighted by Crippen LogP contribution is 2.31. The first-order valence-electron chi connectivity index (χ1n) is 10.0. The van der Waals surface area contributed by atoms with Crippen LogP contribution < -0.4 is 15.5 Å². The summed E-state index contributed by atoms with van der Waals surface area (Å²) in [6.45, 7) is 5.06. The van der Waals surface area contributed by atoms with Gasteiger partial charge < -0.3 is 15.5 Å². The first-order valence-corrected chi connectivity index (χ1v) is 10.0. The second kappa shape index (κ2) is 7.22. The zero-order chi connectivity index (χ0) is 17.2. The molecular formula is C20H30N4O. The van der Waals surface area contributed by atoms with E-state index in [1.807, 2.05) is 0 Å². The summed E-state index contributed by atoms with van der Waals surface area (Å²) in [7, 11) is 0. The van der Waals surface area contributed by atoms with Crippen LogP contribution >= 0.6 is 0 Å². The molecule has 4 rings (SSSR count). The fraction of sp³-hybridized carbons (Fsp3) is 0.700. The molecule has 0 spiro atoms. The number of nitrogens with zero attached hydrogens (tertiary/aromatic N) is 2. The quantitative estimate of drug-likeness (QED) is 0.879. The number of hydrogen-bond acceptors (Lipinski definition) is 4. The van der Waals surface area contributed by atoms with E-state index in [0.29, 0.717) is 12.6 Å². The van der Waals surface area contributed by atoms with E-state index in [4.69, 9.17) is 4.98 Å². The van der Waals surface area contributed by atoms with E-state index in [0.717, 1.165) is 41.8 Å². The highest BCUT2D eigenvalue weighted by atomic mass is 16.1. The van der Waals surface area contributed by atoms with E-state index in [1.54, 1.807) is 0 Å². The maximum absolute atomic E-state index is 12.3. The fourth-order valence-corrected chi connectivity index (χ4v) is 4.44. The number of nitrogens with one attached hydrogen (secondary N) is 2. The van der Waals surface area contributed by atoms with Crippen LogP contribution in [0.1, 0.15) is 74.2 Å². The number of fused-ring (bicyclic) bond motifs is 1. The molecule has 1 aromatic heterocycles. The van der Waals surface area contributed by atoms with Crippen molar-refractivity contribution in [3.63, 3.8) is 0 Å². The number of hydrogen-bond donors (Lipinski definition) is 2. The van der Waals surface area contributed by atoms with E-state index in [9.17, 15) is 4.79 Å². The molecule has 1 aliphatic carbocycles. The van der Waals surface area contributed by atoms with Gasteiger partial charge in [0.2, 0.25) is 0 Å². The number of amides is 1. The summed E-state index contributed by atoms with van der Waals surface area (Å²) < 4.78 is 0. The van der Waals surface area contributed by atoms with Crippen LogP contribution in [0.4, 0.5) is 11.6 Å². The lowest BCUT2D eigenvalue weighted by atomic mass is 9.96. The van der Waals surface area contributed by atoms with E-state index in [-0.39, 0.29) is 5.91 Å². The summed E-state index contributed by atoms with van der Waals surface area (Å²) in [6, 6.07) is 2.56. The summed E-state index contributed by atoms with van der Waals surface area (Å²) in [5, 5.41) is 6.63. The minimum Gasteiger partial charge on any atom is -0.367 e. The average molecular weight is 342 g/mol. The van der Waals surface area contributed by atoms with Crippen LogP contribution in [0.15, 0.2) is 6.07 Å². The molecule has 3 heterocycles. The molecular weight excluding hydrogens is 312 g/mol. The third-order valence-electron chi connectivity index (χ3n) is 5.95. The molecule has 1 unspecified atom stereocenters. The van der Waals surface area contributed by atoms with E-state index < -0.39 is 0 Å². The molecule has 1 saturated carbocycles. The molecule has 1 amide bonds. The molecule has 3 aliphatic rings. The van der Waals surface area contributed by atoms with Gasteiger partial charge >= 0.3 is 0 Å². The molecule has 0 aromatic carbocycles. The van der Waals surface area contributed by atoms with Crippen molar-refractivity contribution in [3.05, 3.63) is 17.2 Å². The maximum Gasteiger partial charge on any atom is 0.255 e. The zero-order valence-electron chi connectivity index (χ0n) is 15.3. The van der Waals surface area contributed by atoms with Crippen LogP contribution in [0.25, 0.3) is 0 Å². The van der Waals surface area contributed by atoms with Gasteiger partial charge in [-0.2, -0.15) is 0 Å². The van der Waals surface area contributed by atoms with E-state index >= 15 is 0 Å². The zero-order valence-corrected chi connectivity index (χ0v) is 15.3. The third kappa shape index (κ3) is 3.60. The van der Waals surface area contributed by atoms with Gasteiger partial charge in [-0.3, -0.25) is 4.79 Å². The van der Waals surface area contributed by atoms with Crippen LogP contribution in [0, 0.1) is 5.92 Å². The molecule has 1 aromatic rings. The summed E-state index contributed by atoms with van der Waals surface area (Å²) in [5.41, 5.74) is 1.88. The second-order valence-corrected chi connectivity index (χ2v) is 8.07. The Balaban J connectivity index is 1.60. The van der Waals surface area contributed by atoms with E-state index in [1.165, 1.54) is 51.4 Å². The molecule has 0 radical (unpaired) electrons. The summed E-state index contributed by atoms with van der Waals surface area (Å²) in [4.78, 5) is 19.6. The normalized spacial score (nSPS) is 24.6. The largest absolute Gasteiger partial charge is 0.367 e. The minimum atomic E-state index is 0.0252. The predicted molar refractivity (Wildman–Crippen MR) is 101 cm³/mol. The minimum absolute atomic E-state index is 0.0252. The Kier molecular flexibility index (Phi) is 4.82. The maximum atomic E-state index is 12.3. The molecule has 5 heteroatoms.